The maximum Gasteiger partial charge on any atom is 0.0814 e. The lowest BCUT2D eigenvalue weighted by Crippen LogP contribution is -1.91. The zero-order chi connectivity index (χ0) is 12.1. The molecule has 0 fully saturated rings. The second-order valence-corrected chi connectivity index (χ2v) is 2.89. The molecule has 0 saturated carbocycles. The van der Waals surface area contributed by atoms with Crippen molar-refractivity contribution in [1.29, 1.82) is 0 Å². The van der Waals surface area contributed by atoms with Crippen molar-refractivity contribution in [2.75, 3.05) is 0 Å². The highest BCUT2D eigenvalue weighted by Gasteiger charge is 2.23. The predicted molar refractivity (Wildman–Crippen MR) is 54.6 cm³/mol. The van der Waals surface area contributed by atoms with Crippen LogP contribution in [0.25, 0.3) is 32.0 Å². The molecular formula is C6H3N6O3S-. The van der Waals surface area contributed by atoms with Gasteiger partial charge in [0.1, 0.15) is 0 Å². The lowest BCUT2D eigenvalue weighted by Gasteiger charge is -2.22. The van der Waals surface area contributed by atoms with Crippen LogP contribution in [-0.2, 0) is 11.4 Å². The van der Waals surface area contributed by atoms with Crippen molar-refractivity contribution in [2.45, 2.75) is 0 Å². The molecule has 0 saturated heterocycles. The van der Waals surface area contributed by atoms with Crippen molar-refractivity contribution in [3.63, 3.8) is 0 Å². The highest BCUT2D eigenvalue weighted by molar-refractivity contribution is 7.73. The number of nitrogens with zero attached hydrogens (tertiary/aromatic N) is 6. The molecule has 1 unspecified atom stereocenters. The van der Waals surface area contributed by atoms with Gasteiger partial charge in [0.15, 0.2) is 0 Å². The minimum absolute atomic E-state index is 0.452. The van der Waals surface area contributed by atoms with Gasteiger partial charge in [0, 0.05) is 9.82 Å². The first kappa shape index (κ1) is 12.0. The fourth-order valence-electron chi connectivity index (χ4n) is 1.15. The molecule has 82 valence electrons. The first-order valence-electron chi connectivity index (χ1n) is 3.67. The van der Waals surface area contributed by atoms with E-state index in [0.717, 1.165) is 11.1 Å². The zero-order valence-corrected chi connectivity index (χ0v) is 8.33. The van der Waals surface area contributed by atoms with Crippen LogP contribution < -0.4 is 0 Å². The molecule has 2 aliphatic carbocycles. The van der Waals surface area contributed by atoms with Crippen molar-refractivity contribution >= 4 is 22.7 Å². The summed E-state index contributed by atoms with van der Waals surface area (Å²) >= 11 is -2.86. The highest BCUT2D eigenvalue weighted by Crippen LogP contribution is 2.55. The minimum atomic E-state index is -2.86. The van der Waals surface area contributed by atoms with Gasteiger partial charge in [0.05, 0.1) is 22.7 Å². The Morgan fingerprint density at radius 2 is 1.50 bits per heavy atom. The molecule has 0 spiro atoms. The normalized spacial score (nSPS) is 11.1. The summed E-state index contributed by atoms with van der Waals surface area (Å²) in [5.41, 5.74) is 19.0. The largest absolute Gasteiger partial charge is 0.750 e. The Bertz CT molecular complexity index is 498. The fourth-order valence-corrected chi connectivity index (χ4v) is 1.15. The summed E-state index contributed by atoms with van der Waals surface area (Å²) in [5, 5.41) is 6.80. The molecule has 16 heavy (non-hydrogen) atoms. The fraction of sp³-hybridized carbons (Fsp3) is 0. The van der Waals surface area contributed by atoms with Gasteiger partial charge in [-0.1, -0.05) is 22.4 Å². The molecule has 1 atom stereocenters. The molecule has 0 aliphatic heterocycles. The van der Waals surface area contributed by atoms with E-state index in [-0.39, 0.29) is 0 Å². The van der Waals surface area contributed by atoms with Crippen LogP contribution in [0.4, 0.5) is 11.4 Å². The third kappa shape index (κ3) is 2.28. The summed E-state index contributed by atoms with van der Waals surface area (Å²) in [6, 6.07) is 3.63. The molecule has 10 heteroatoms. The standard InChI is InChI=1S/C6H2N6.H2O3S/c7-11-9-5-3-1-2-4(3)6(5)10-12-8;1-4(2)3/h1-2H;(H2,1,2,3)/p-1. The number of rotatable bonds is 2. The Morgan fingerprint density at radius 3 is 1.69 bits per heavy atom. The van der Waals surface area contributed by atoms with E-state index in [0.29, 0.717) is 11.4 Å². The van der Waals surface area contributed by atoms with Gasteiger partial charge in [-0.2, -0.15) is 0 Å². The quantitative estimate of drug-likeness (QED) is 0.370. The lowest BCUT2D eigenvalue weighted by molar-refractivity contribution is 0.436. The Morgan fingerprint density at radius 1 is 1.19 bits per heavy atom. The van der Waals surface area contributed by atoms with Crippen molar-refractivity contribution < 1.29 is 13.3 Å². The Hall–Kier alpha value is -2.09. The number of hydrogen-bond acceptors (Lipinski definition) is 4. The monoisotopic (exact) mass is 239 g/mol. The molecule has 0 aromatic heterocycles. The third-order valence-corrected chi connectivity index (χ3v) is 1.73. The maximum atomic E-state index is 8.56. The zero-order valence-electron chi connectivity index (χ0n) is 7.51. The van der Waals surface area contributed by atoms with E-state index in [4.69, 9.17) is 24.4 Å². The first-order valence-corrected chi connectivity index (χ1v) is 4.71. The van der Waals surface area contributed by atoms with Crippen molar-refractivity contribution in [2.24, 2.45) is 10.2 Å². The predicted octanol–water partition coefficient (Wildman–Crippen LogP) is 2.89. The number of benzene rings is 1. The van der Waals surface area contributed by atoms with Gasteiger partial charge in [0.25, 0.3) is 0 Å². The van der Waals surface area contributed by atoms with Crippen LogP contribution in [0.5, 0.6) is 0 Å². The van der Waals surface area contributed by atoms with Gasteiger partial charge >= 0.3 is 0 Å². The summed E-state index contributed by atoms with van der Waals surface area (Å²) in [5.74, 6) is 0. The molecule has 0 aromatic rings. The van der Waals surface area contributed by atoms with Gasteiger partial charge in [-0.25, -0.2) is 4.21 Å². The summed E-state index contributed by atoms with van der Waals surface area (Å²) in [6.07, 6.45) is 0. The molecular weight excluding hydrogens is 236 g/mol. The summed E-state index contributed by atoms with van der Waals surface area (Å²) in [4.78, 5) is 5.25. The van der Waals surface area contributed by atoms with Crippen LogP contribution >= 0.6 is 0 Å². The number of hydrogen-bond donors (Lipinski definition) is 1. The van der Waals surface area contributed by atoms with Crippen LogP contribution in [-0.4, -0.2) is 13.3 Å². The summed E-state index contributed by atoms with van der Waals surface area (Å²) < 4.78 is 24.1. The van der Waals surface area contributed by atoms with Gasteiger partial charge < -0.3 is 9.11 Å². The van der Waals surface area contributed by atoms with E-state index in [1.165, 1.54) is 0 Å². The average molecular weight is 239 g/mol. The van der Waals surface area contributed by atoms with Crippen LogP contribution in [0, 0.1) is 0 Å². The van der Waals surface area contributed by atoms with E-state index < -0.39 is 11.4 Å². The molecule has 0 heterocycles. The summed E-state index contributed by atoms with van der Waals surface area (Å²) in [6.45, 7) is 0. The van der Waals surface area contributed by atoms with E-state index in [1.54, 1.807) is 0 Å². The van der Waals surface area contributed by atoms with Crippen LogP contribution in [0.15, 0.2) is 22.4 Å². The second kappa shape index (κ2) is 5.12. The molecule has 0 aromatic carbocycles. The lowest BCUT2D eigenvalue weighted by atomic mass is 9.88. The topological polar surface area (TPSA) is 158 Å². The molecule has 1 N–H and O–H groups in total. The van der Waals surface area contributed by atoms with Crippen molar-refractivity contribution in [3.8, 4) is 11.1 Å². The van der Waals surface area contributed by atoms with Crippen LogP contribution in [0.2, 0.25) is 0 Å². The van der Waals surface area contributed by atoms with Gasteiger partial charge in [-0.15, -0.1) is 0 Å². The first-order chi connectivity index (χ1) is 7.61. The van der Waals surface area contributed by atoms with Crippen LogP contribution in [0.1, 0.15) is 0 Å². The minimum Gasteiger partial charge on any atom is -0.750 e. The van der Waals surface area contributed by atoms with E-state index in [2.05, 4.69) is 20.1 Å². The highest BCUT2D eigenvalue weighted by atomic mass is 32.2. The average Bonchev–Trinajstić information content (AvgIpc) is 2.14. The molecule has 0 bridgehead atoms. The van der Waals surface area contributed by atoms with E-state index >= 15 is 0 Å². The summed E-state index contributed by atoms with van der Waals surface area (Å²) in [7, 11) is 0. The van der Waals surface area contributed by atoms with Crippen LogP contribution in [0.3, 0.4) is 0 Å². The molecule has 0 radical (unpaired) electrons. The Kier molecular flexibility index (Phi) is 3.84. The molecule has 9 nitrogen and oxygen atoms in total. The maximum absolute atomic E-state index is 8.56. The van der Waals surface area contributed by atoms with Crippen molar-refractivity contribution in [1.82, 2.24) is 0 Å². The number of azide groups is 2. The number of fused-ring (bicyclic) bond motifs is 1. The molecule has 2 aliphatic rings. The molecule has 2 rings (SSSR count). The van der Waals surface area contributed by atoms with E-state index in [1.807, 2.05) is 12.1 Å². The van der Waals surface area contributed by atoms with Gasteiger partial charge in [-0.3, -0.25) is 0 Å². The second-order valence-electron chi connectivity index (χ2n) is 2.45. The van der Waals surface area contributed by atoms with Gasteiger partial charge in [0.2, 0.25) is 0 Å². The Labute approximate surface area is 91.1 Å². The third-order valence-electron chi connectivity index (χ3n) is 1.73. The molecule has 0 amide bonds. The van der Waals surface area contributed by atoms with Gasteiger partial charge in [-0.05, 0) is 22.2 Å². The van der Waals surface area contributed by atoms with Crippen molar-refractivity contribution in [3.05, 3.63) is 33.0 Å². The van der Waals surface area contributed by atoms with E-state index in [9.17, 15) is 0 Å². The Balaban J connectivity index is 0.000000280. The smallest absolute Gasteiger partial charge is 0.0814 e. The SMILES string of the molecule is O=S([O-])O.[N-]=[N+]=Nc1c2ccc-2c1N=[N+]=[N-].